The number of hydrogen-bond donors (Lipinski definition) is 0. The molecule has 2 heterocycles. The Morgan fingerprint density at radius 3 is 2.75 bits per heavy atom. The first-order chi connectivity index (χ1) is 9.49. The van der Waals surface area contributed by atoms with Gasteiger partial charge in [-0.15, -0.1) is 10.2 Å². The zero-order chi connectivity index (χ0) is 14.4. The molecule has 1 amide bonds. The molecule has 1 aliphatic rings. The maximum Gasteiger partial charge on any atom is 0.300 e. The Bertz CT molecular complexity index is 744. The molecule has 1 aliphatic heterocycles. The Kier molecular flexibility index (Phi) is 2.75. The predicted octanol–water partition coefficient (Wildman–Crippen LogP) is 0.732. The minimum Gasteiger partial charge on any atom is -0.294 e. The van der Waals surface area contributed by atoms with Crippen LogP contribution in [0.3, 0.4) is 0 Å². The quantitative estimate of drug-likeness (QED) is 0.763. The summed E-state index contributed by atoms with van der Waals surface area (Å²) in [6, 6.07) is 2.34. The van der Waals surface area contributed by atoms with Gasteiger partial charge in [0.15, 0.2) is 5.82 Å². The topological polar surface area (TPSA) is 81.0 Å². The van der Waals surface area contributed by atoms with E-state index in [9.17, 15) is 14.0 Å². The zero-order valence-electron chi connectivity index (χ0n) is 10.2. The summed E-state index contributed by atoms with van der Waals surface area (Å²) in [5, 5.41) is 11.2. The molecule has 1 aromatic heterocycles. The van der Waals surface area contributed by atoms with E-state index in [1.54, 1.807) is 7.05 Å². The van der Waals surface area contributed by atoms with E-state index in [1.807, 2.05) is 0 Å². The van der Waals surface area contributed by atoms with Crippen LogP contribution in [-0.2, 0) is 18.4 Å². The number of Topliss-reactive ketones (excluding diaryl/α,β-unsaturated/α-hetero) is 1. The molecule has 0 unspecified atom stereocenters. The van der Waals surface area contributed by atoms with Crippen molar-refractivity contribution in [2.75, 3.05) is 4.90 Å². The minimum absolute atomic E-state index is 0.0364. The van der Waals surface area contributed by atoms with Crippen molar-refractivity contribution in [3.8, 4) is 0 Å². The van der Waals surface area contributed by atoms with Crippen LogP contribution in [0.4, 0.5) is 10.1 Å². The minimum atomic E-state index is -0.862. The summed E-state index contributed by atoms with van der Waals surface area (Å²) in [5.41, 5.74) is -0.263. The maximum atomic E-state index is 13.9. The highest BCUT2D eigenvalue weighted by molar-refractivity contribution is 6.55. The average Bonchev–Trinajstić information content (AvgIpc) is 2.92. The number of fused-ring (bicyclic) bond motifs is 1. The van der Waals surface area contributed by atoms with E-state index in [-0.39, 0.29) is 28.6 Å². The van der Waals surface area contributed by atoms with Crippen LogP contribution in [0, 0.1) is 5.82 Å². The molecule has 0 radical (unpaired) electrons. The third-order valence-corrected chi connectivity index (χ3v) is 3.18. The normalized spacial score (nSPS) is 14.1. The highest BCUT2D eigenvalue weighted by Crippen LogP contribution is 2.37. The van der Waals surface area contributed by atoms with E-state index < -0.39 is 17.5 Å². The van der Waals surface area contributed by atoms with Crippen molar-refractivity contribution in [3.63, 3.8) is 0 Å². The summed E-state index contributed by atoms with van der Waals surface area (Å²) >= 11 is 5.86. The lowest BCUT2D eigenvalue weighted by Gasteiger charge is -2.14. The van der Waals surface area contributed by atoms with Crippen LogP contribution < -0.4 is 4.90 Å². The number of tetrazole rings is 1. The second kappa shape index (κ2) is 4.34. The summed E-state index contributed by atoms with van der Waals surface area (Å²) in [5.74, 6) is -2.21. The van der Waals surface area contributed by atoms with Gasteiger partial charge in [0.2, 0.25) is 0 Å². The molecule has 3 rings (SSSR count). The van der Waals surface area contributed by atoms with Crippen LogP contribution in [0.5, 0.6) is 0 Å². The number of halogens is 2. The lowest BCUT2D eigenvalue weighted by molar-refractivity contribution is -0.114. The summed E-state index contributed by atoms with van der Waals surface area (Å²) in [7, 11) is 1.55. The number of ketones is 1. The van der Waals surface area contributed by atoms with Gasteiger partial charge in [-0.2, -0.15) is 4.80 Å². The number of anilines is 1. The molecule has 2 aromatic rings. The van der Waals surface area contributed by atoms with Crippen LogP contribution >= 0.6 is 11.6 Å². The number of aryl methyl sites for hydroxylation is 1. The number of amides is 1. The molecule has 102 valence electrons. The molecule has 0 atom stereocenters. The fourth-order valence-electron chi connectivity index (χ4n) is 2.03. The summed E-state index contributed by atoms with van der Waals surface area (Å²) in [6.07, 6.45) is 0. The molecule has 0 aliphatic carbocycles. The second-order valence-electron chi connectivity index (χ2n) is 4.17. The van der Waals surface area contributed by atoms with Crippen molar-refractivity contribution < 1.29 is 14.0 Å². The van der Waals surface area contributed by atoms with Gasteiger partial charge in [0.05, 0.1) is 29.9 Å². The molecule has 0 saturated carbocycles. The molecule has 9 heteroatoms. The van der Waals surface area contributed by atoms with Gasteiger partial charge >= 0.3 is 0 Å². The van der Waals surface area contributed by atoms with Crippen molar-refractivity contribution in [3.05, 3.63) is 34.4 Å². The van der Waals surface area contributed by atoms with Crippen molar-refractivity contribution in [2.45, 2.75) is 6.54 Å². The first-order valence-corrected chi connectivity index (χ1v) is 5.94. The predicted molar refractivity (Wildman–Crippen MR) is 65.7 cm³/mol. The Labute approximate surface area is 116 Å². The molecular weight excluding hydrogens is 289 g/mol. The van der Waals surface area contributed by atoms with Gasteiger partial charge in [-0.05, 0) is 17.3 Å². The molecule has 0 spiro atoms. The van der Waals surface area contributed by atoms with Gasteiger partial charge in [-0.25, -0.2) is 4.39 Å². The van der Waals surface area contributed by atoms with Crippen molar-refractivity contribution in [2.24, 2.45) is 7.05 Å². The fraction of sp³-hybridized carbons (Fsp3) is 0.182. The highest BCUT2D eigenvalue weighted by Gasteiger charge is 2.40. The van der Waals surface area contributed by atoms with E-state index in [4.69, 9.17) is 11.6 Å². The molecule has 7 nitrogen and oxygen atoms in total. The molecular formula is C11H7ClFN5O2. The first kappa shape index (κ1) is 12.7. The monoisotopic (exact) mass is 295 g/mol. The highest BCUT2D eigenvalue weighted by atomic mass is 35.5. The summed E-state index contributed by atoms with van der Waals surface area (Å²) in [6.45, 7) is -0.150. The van der Waals surface area contributed by atoms with Crippen molar-refractivity contribution in [1.82, 2.24) is 20.2 Å². The standard InChI is InChI=1S/C11H7ClFN5O2/c1-17-15-7(14-16-17)4-18-9-6(13)3-2-5(12)8(9)10(19)11(18)20/h2-3H,4H2,1H3. The zero-order valence-corrected chi connectivity index (χ0v) is 10.9. The summed E-state index contributed by atoms with van der Waals surface area (Å²) < 4.78 is 13.9. The van der Waals surface area contributed by atoms with Gasteiger partial charge < -0.3 is 0 Å². The lowest BCUT2D eigenvalue weighted by Crippen LogP contribution is -2.30. The Morgan fingerprint density at radius 2 is 2.10 bits per heavy atom. The van der Waals surface area contributed by atoms with Crippen LogP contribution in [0.1, 0.15) is 16.2 Å². The van der Waals surface area contributed by atoms with Gasteiger partial charge in [0.1, 0.15) is 5.82 Å². The number of nitrogens with zero attached hydrogens (tertiary/aromatic N) is 5. The number of hydrogen-bond acceptors (Lipinski definition) is 5. The molecule has 0 bridgehead atoms. The van der Waals surface area contributed by atoms with Gasteiger partial charge in [0.25, 0.3) is 11.7 Å². The molecule has 0 saturated heterocycles. The summed E-state index contributed by atoms with van der Waals surface area (Å²) in [4.78, 5) is 26.0. The molecule has 0 fully saturated rings. The lowest BCUT2D eigenvalue weighted by atomic mass is 10.1. The molecule has 20 heavy (non-hydrogen) atoms. The van der Waals surface area contributed by atoms with Crippen LogP contribution in [0.25, 0.3) is 0 Å². The Balaban J connectivity index is 2.08. The molecule has 0 N–H and O–H groups in total. The van der Waals surface area contributed by atoms with Crippen LogP contribution in [-0.4, -0.2) is 31.9 Å². The van der Waals surface area contributed by atoms with Crippen molar-refractivity contribution in [1.29, 1.82) is 0 Å². The Morgan fingerprint density at radius 1 is 1.35 bits per heavy atom. The smallest absolute Gasteiger partial charge is 0.294 e. The number of aromatic nitrogens is 4. The number of benzene rings is 1. The van der Waals surface area contributed by atoms with Crippen LogP contribution in [0.2, 0.25) is 5.02 Å². The van der Waals surface area contributed by atoms with Gasteiger partial charge in [-0.3, -0.25) is 14.5 Å². The fourth-order valence-corrected chi connectivity index (χ4v) is 2.27. The van der Waals surface area contributed by atoms with Gasteiger partial charge in [-0.1, -0.05) is 11.6 Å². The van der Waals surface area contributed by atoms with E-state index in [1.165, 1.54) is 10.9 Å². The van der Waals surface area contributed by atoms with E-state index in [0.29, 0.717) is 0 Å². The third kappa shape index (κ3) is 1.76. The van der Waals surface area contributed by atoms with E-state index in [2.05, 4.69) is 15.4 Å². The third-order valence-electron chi connectivity index (χ3n) is 2.86. The van der Waals surface area contributed by atoms with E-state index >= 15 is 0 Å². The number of rotatable bonds is 2. The maximum absolute atomic E-state index is 13.9. The van der Waals surface area contributed by atoms with Crippen LogP contribution in [0.15, 0.2) is 12.1 Å². The number of carbonyl (C=O) groups excluding carboxylic acids is 2. The van der Waals surface area contributed by atoms with E-state index in [0.717, 1.165) is 11.0 Å². The SMILES string of the molecule is Cn1nnc(CN2C(=O)C(=O)c3c(Cl)ccc(F)c32)n1. The largest absolute Gasteiger partial charge is 0.300 e. The van der Waals surface area contributed by atoms with Crippen molar-refractivity contribution >= 4 is 29.0 Å². The average molecular weight is 296 g/mol. The Hall–Kier alpha value is -2.35. The van der Waals surface area contributed by atoms with Gasteiger partial charge in [0, 0.05) is 0 Å². The molecule has 1 aromatic carbocycles. The second-order valence-corrected chi connectivity index (χ2v) is 4.58. The number of carbonyl (C=O) groups is 2. The first-order valence-electron chi connectivity index (χ1n) is 5.56.